The van der Waals surface area contributed by atoms with E-state index in [-0.39, 0.29) is 11.1 Å². The molecule has 0 aliphatic rings. The highest BCUT2D eigenvalue weighted by Crippen LogP contribution is 2.36. The van der Waals surface area contributed by atoms with Crippen LogP contribution in [0.1, 0.15) is 33.4 Å². The van der Waals surface area contributed by atoms with Crippen molar-refractivity contribution in [2.24, 2.45) is 0 Å². The van der Waals surface area contributed by atoms with Crippen LogP contribution in [0, 0.1) is 0 Å². The van der Waals surface area contributed by atoms with Crippen LogP contribution in [0.25, 0.3) is 0 Å². The molecule has 114 valence electrons. The molecule has 0 amide bonds. The van der Waals surface area contributed by atoms with Crippen LogP contribution in [0.3, 0.4) is 0 Å². The molecule has 0 aromatic carbocycles. The zero-order chi connectivity index (χ0) is 15.4. The number of halogens is 1. The van der Waals surface area contributed by atoms with Crippen LogP contribution in [-0.2, 0) is 10.3 Å². The largest absolute Gasteiger partial charge is 0.487 e. The Morgan fingerprint density at radius 2 is 1.95 bits per heavy atom. The Hall–Kier alpha value is -0.583. The van der Waals surface area contributed by atoms with Crippen molar-refractivity contribution >= 4 is 19.9 Å². The fourth-order valence-electron chi connectivity index (χ4n) is 1.37. The van der Waals surface area contributed by atoms with Crippen LogP contribution in [0.5, 0.6) is 5.75 Å². The first-order valence-corrected chi connectivity index (χ1v) is 10.4. The lowest BCUT2D eigenvalue weighted by atomic mass is 10.2. The van der Waals surface area contributed by atoms with Gasteiger partial charge in [-0.15, -0.1) is 11.6 Å². The summed E-state index contributed by atoms with van der Waals surface area (Å²) >= 11 is 5.71. The molecule has 5 heteroatoms. The summed E-state index contributed by atoms with van der Waals surface area (Å²) in [5.74, 6) is 1.18. The molecule has 1 aromatic rings. The molecule has 1 atom stereocenters. The number of pyridine rings is 1. The predicted octanol–water partition coefficient (Wildman–Crippen LogP) is 4.61. The molecule has 0 bridgehead atoms. The summed E-state index contributed by atoms with van der Waals surface area (Å²) in [6.45, 7) is 13.8. The molecule has 0 aliphatic heterocycles. The first kappa shape index (κ1) is 17.5. The normalized spacial score (nSPS) is 14.2. The second kappa shape index (κ2) is 6.92. The zero-order valence-corrected chi connectivity index (χ0v) is 15.1. The Morgan fingerprint density at radius 1 is 1.30 bits per heavy atom. The number of aromatic nitrogens is 1. The SMILES string of the molecule is CC(CO[Si](C)(C)C(C)(C)C)Oc1ccc(CCl)nc1. The monoisotopic (exact) mass is 315 g/mol. The molecule has 0 saturated heterocycles. The highest BCUT2D eigenvalue weighted by molar-refractivity contribution is 6.74. The molecule has 0 N–H and O–H groups in total. The van der Waals surface area contributed by atoms with Gasteiger partial charge in [0, 0.05) is 0 Å². The van der Waals surface area contributed by atoms with Crippen molar-refractivity contribution < 1.29 is 9.16 Å². The lowest BCUT2D eigenvalue weighted by Gasteiger charge is -2.36. The maximum absolute atomic E-state index is 6.15. The maximum Gasteiger partial charge on any atom is 0.192 e. The number of rotatable bonds is 6. The van der Waals surface area contributed by atoms with Crippen molar-refractivity contribution in [2.45, 2.75) is 57.8 Å². The van der Waals surface area contributed by atoms with Gasteiger partial charge in [-0.2, -0.15) is 0 Å². The number of ether oxygens (including phenoxy) is 1. The van der Waals surface area contributed by atoms with Crippen molar-refractivity contribution in [3.05, 3.63) is 24.0 Å². The lowest BCUT2D eigenvalue weighted by Crippen LogP contribution is -2.43. The average molecular weight is 316 g/mol. The van der Waals surface area contributed by atoms with Gasteiger partial charge in [-0.3, -0.25) is 4.98 Å². The maximum atomic E-state index is 6.15. The van der Waals surface area contributed by atoms with Gasteiger partial charge in [-0.1, -0.05) is 20.8 Å². The highest BCUT2D eigenvalue weighted by Gasteiger charge is 2.37. The predicted molar refractivity (Wildman–Crippen MR) is 87.0 cm³/mol. The van der Waals surface area contributed by atoms with E-state index in [1.165, 1.54) is 0 Å². The summed E-state index contributed by atoms with van der Waals surface area (Å²) in [7, 11) is -1.71. The van der Waals surface area contributed by atoms with Crippen molar-refractivity contribution in [1.82, 2.24) is 4.98 Å². The molecule has 0 radical (unpaired) electrons. The van der Waals surface area contributed by atoms with Gasteiger partial charge in [0.25, 0.3) is 0 Å². The number of nitrogens with zero attached hydrogens (tertiary/aromatic N) is 1. The van der Waals surface area contributed by atoms with Gasteiger partial charge < -0.3 is 9.16 Å². The highest BCUT2D eigenvalue weighted by atomic mass is 35.5. The minimum Gasteiger partial charge on any atom is -0.487 e. The minimum absolute atomic E-state index is 0.00720. The molecule has 0 spiro atoms. The molecule has 3 nitrogen and oxygen atoms in total. The molecular weight excluding hydrogens is 290 g/mol. The third kappa shape index (κ3) is 5.07. The number of alkyl halides is 1. The zero-order valence-electron chi connectivity index (χ0n) is 13.4. The first-order valence-electron chi connectivity index (χ1n) is 6.97. The van der Waals surface area contributed by atoms with Gasteiger partial charge in [0.2, 0.25) is 0 Å². The van der Waals surface area contributed by atoms with Crippen LogP contribution < -0.4 is 4.74 Å². The Balaban J connectivity index is 2.49. The van der Waals surface area contributed by atoms with E-state index >= 15 is 0 Å². The van der Waals surface area contributed by atoms with Gasteiger partial charge in [0.05, 0.1) is 24.4 Å². The van der Waals surface area contributed by atoms with Gasteiger partial charge >= 0.3 is 0 Å². The summed E-state index contributed by atoms with van der Waals surface area (Å²) in [5, 5.41) is 0.219. The topological polar surface area (TPSA) is 31.4 Å². The van der Waals surface area contributed by atoms with E-state index in [2.05, 4.69) is 38.8 Å². The molecule has 1 aromatic heterocycles. The van der Waals surface area contributed by atoms with Crippen LogP contribution >= 0.6 is 11.6 Å². The smallest absolute Gasteiger partial charge is 0.192 e. The second-order valence-electron chi connectivity index (χ2n) is 6.62. The van der Waals surface area contributed by atoms with E-state index in [1.807, 2.05) is 19.1 Å². The number of hydrogen-bond acceptors (Lipinski definition) is 3. The fourth-order valence-corrected chi connectivity index (χ4v) is 2.61. The summed E-state index contributed by atoms with van der Waals surface area (Å²) < 4.78 is 12.0. The van der Waals surface area contributed by atoms with Gasteiger partial charge in [0.15, 0.2) is 8.32 Å². The summed E-state index contributed by atoms with van der Waals surface area (Å²) in [5.41, 5.74) is 0.851. The van der Waals surface area contributed by atoms with Crippen LogP contribution in [0.2, 0.25) is 18.1 Å². The number of hydrogen-bond donors (Lipinski definition) is 0. The fraction of sp³-hybridized carbons (Fsp3) is 0.667. The molecule has 0 saturated carbocycles. The van der Waals surface area contributed by atoms with Gasteiger partial charge in [-0.25, -0.2) is 0 Å². The molecule has 20 heavy (non-hydrogen) atoms. The Kier molecular flexibility index (Phi) is 6.04. The Bertz CT molecular complexity index is 415. The average Bonchev–Trinajstić information content (AvgIpc) is 2.36. The summed E-state index contributed by atoms with van der Waals surface area (Å²) in [6, 6.07) is 3.78. The van der Waals surface area contributed by atoms with Crippen LogP contribution in [0.4, 0.5) is 0 Å². The summed E-state index contributed by atoms with van der Waals surface area (Å²) in [4.78, 5) is 4.21. The standard InChI is InChI=1S/C15H26ClNO2Si/c1-12(11-18-20(5,6)15(2,3)4)19-14-8-7-13(9-16)17-10-14/h7-8,10,12H,9,11H2,1-6H3. The van der Waals surface area contributed by atoms with E-state index < -0.39 is 8.32 Å². The van der Waals surface area contributed by atoms with Gasteiger partial charge in [-0.05, 0) is 37.2 Å². The van der Waals surface area contributed by atoms with E-state index in [1.54, 1.807) is 6.20 Å². The summed E-state index contributed by atoms with van der Waals surface area (Å²) in [6.07, 6.45) is 1.72. The van der Waals surface area contributed by atoms with Crippen molar-refractivity contribution in [1.29, 1.82) is 0 Å². The lowest BCUT2D eigenvalue weighted by molar-refractivity contribution is 0.133. The Morgan fingerprint density at radius 3 is 2.40 bits per heavy atom. The molecule has 0 aliphatic carbocycles. The van der Waals surface area contributed by atoms with Crippen LogP contribution in [-0.4, -0.2) is 26.0 Å². The van der Waals surface area contributed by atoms with E-state index in [0.717, 1.165) is 11.4 Å². The van der Waals surface area contributed by atoms with Crippen LogP contribution in [0.15, 0.2) is 18.3 Å². The first-order chi connectivity index (χ1) is 9.15. The molecule has 1 heterocycles. The van der Waals surface area contributed by atoms with Crippen molar-refractivity contribution in [3.8, 4) is 5.75 Å². The van der Waals surface area contributed by atoms with Crippen molar-refractivity contribution in [2.75, 3.05) is 6.61 Å². The van der Waals surface area contributed by atoms with E-state index in [0.29, 0.717) is 12.5 Å². The molecular formula is C15H26ClNO2Si. The second-order valence-corrected chi connectivity index (χ2v) is 11.7. The molecule has 0 fully saturated rings. The third-order valence-electron chi connectivity index (χ3n) is 3.76. The molecule has 1 unspecified atom stereocenters. The van der Waals surface area contributed by atoms with Gasteiger partial charge in [0.1, 0.15) is 11.9 Å². The quantitative estimate of drug-likeness (QED) is 0.567. The third-order valence-corrected chi connectivity index (χ3v) is 8.53. The van der Waals surface area contributed by atoms with Crippen molar-refractivity contribution in [3.63, 3.8) is 0 Å². The van der Waals surface area contributed by atoms with E-state index in [9.17, 15) is 0 Å². The Labute approximate surface area is 128 Å². The minimum atomic E-state index is -1.71. The van der Waals surface area contributed by atoms with E-state index in [4.69, 9.17) is 20.8 Å². The molecule has 1 rings (SSSR count).